The molecule has 0 bridgehead atoms. The predicted octanol–water partition coefficient (Wildman–Crippen LogP) is 3.60. The first kappa shape index (κ1) is 19.0. The summed E-state index contributed by atoms with van der Waals surface area (Å²) < 4.78 is 16.2. The van der Waals surface area contributed by atoms with Crippen LogP contribution >= 0.6 is 0 Å². The molecule has 0 fully saturated rings. The van der Waals surface area contributed by atoms with Crippen LogP contribution in [0.1, 0.15) is 42.2 Å². The molecule has 6 nitrogen and oxygen atoms in total. The number of hydrogen-bond donors (Lipinski definition) is 1. The number of carbonyl (C=O) groups is 1. The molecular weight excluding hydrogens is 320 g/mol. The minimum atomic E-state index is -0.201. The van der Waals surface area contributed by atoms with Crippen molar-refractivity contribution in [1.82, 2.24) is 10.5 Å². The molecule has 25 heavy (non-hydrogen) atoms. The highest BCUT2D eigenvalue weighted by Gasteiger charge is 2.23. The van der Waals surface area contributed by atoms with Gasteiger partial charge >= 0.3 is 0 Å². The number of para-hydroxylation sites is 1. The number of amides is 1. The van der Waals surface area contributed by atoms with Gasteiger partial charge in [-0.3, -0.25) is 4.79 Å². The van der Waals surface area contributed by atoms with Crippen LogP contribution in [-0.4, -0.2) is 37.9 Å². The molecule has 2 aromatic rings. The van der Waals surface area contributed by atoms with Gasteiger partial charge in [0, 0.05) is 19.8 Å². The minimum absolute atomic E-state index is 0.201. The van der Waals surface area contributed by atoms with Crippen LogP contribution in [0.3, 0.4) is 0 Å². The highest BCUT2D eigenvalue weighted by Crippen LogP contribution is 2.33. The second kappa shape index (κ2) is 9.84. The summed E-state index contributed by atoms with van der Waals surface area (Å²) in [6, 6.07) is 7.40. The van der Waals surface area contributed by atoms with E-state index in [2.05, 4.69) is 17.4 Å². The molecule has 0 radical (unpaired) electrons. The van der Waals surface area contributed by atoms with Crippen molar-refractivity contribution in [2.24, 2.45) is 0 Å². The van der Waals surface area contributed by atoms with Gasteiger partial charge in [-0.05, 0) is 31.9 Å². The lowest BCUT2D eigenvalue weighted by Gasteiger charge is -2.08. The summed E-state index contributed by atoms with van der Waals surface area (Å²) in [5, 5.41) is 6.86. The third kappa shape index (κ3) is 5.06. The molecule has 0 aliphatic heterocycles. The Labute approximate surface area is 148 Å². The molecule has 0 saturated heterocycles. The van der Waals surface area contributed by atoms with Crippen molar-refractivity contribution in [2.45, 2.75) is 33.1 Å². The number of benzene rings is 1. The van der Waals surface area contributed by atoms with E-state index in [1.807, 2.05) is 24.3 Å². The van der Waals surface area contributed by atoms with Gasteiger partial charge < -0.3 is 19.3 Å². The van der Waals surface area contributed by atoms with Gasteiger partial charge in [0.1, 0.15) is 11.3 Å². The van der Waals surface area contributed by atoms with Crippen molar-refractivity contribution in [3.63, 3.8) is 0 Å². The zero-order valence-electron chi connectivity index (χ0n) is 15.1. The monoisotopic (exact) mass is 346 g/mol. The fourth-order valence-corrected chi connectivity index (χ4v) is 2.47. The Morgan fingerprint density at radius 3 is 2.76 bits per heavy atom. The lowest BCUT2D eigenvalue weighted by Crippen LogP contribution is -2.26. The lowest BCUT2D eigenvalue weighted by atomic mass is 10.1. The van der Waals surface area contributed by atoms with E-state index in [0.717, 1.165) is 25.9 Å². The van der Waals surface area contributed by atoms with Gasteiger partial charge in [-0.1, -0.05) is 30.6 Å². The number of ether oxygens (including phenoxy) is 2. The first-order valence-corrected chi connectivity index (χ1v) is 8.64. The molecule has 1 N–H and O–H groups in total. The van der Waals surface area contributed by atoms with E-state index in [-0.39, 0.29) is 5.91 Å². The Bertz CT molecular complexity index is 682. The average molecular weight is 346 g/mol. The molecule has 0 aliphatic carbocycles. The van der Waals surface area contributed by atoms with Crippen molar-refractivity contribution in [3.05, 3.63) is 35.5 Å². The van der Waals surface area contributed by atoms with Gasteiger partial charge in [0.2, 0.25) is 0 Å². The lowest BCUT2D eigenvalue weighted by molar-refractivity contribution is 0.0940. The number of carbonyl (C=O) groups excluding carboxylic acids is 1. The molecule has 0 atom stereocenters. The molecule has 0 spiro atoms. The first-order valence-electron chi connectivity index (χ1n) is 8.64. The van der Waals surface area contributed by atoms with Crippen LogP contribution < -0.4 is 10.1 Å². The third-order valence-electron chi connectivity index (χ3n) is 3.83. The molecule has 6 heteroatoms. The maximum Gasteiger partial charge on any atom is 0.257 e. The van der Waals surface area contributed by atoms with Crippen LogP contribution in [0.25, 0.3) is 11.3 Å². The zero-order chi connectivity index (χ0) is 18.1. The topological polar surface area (TPSA) is 73.6 Å². The second-order valence-corrected chi connectivity index (χ2v) is 5.75. The van der Waals surface area contributed by atoms with Crippen LogP contribution in [0.2, 0.25) is 0 Å². The summed E-state index contributed by atoms with van der Waals surface area (Å²) >= 11 is 0. The van der Waals surface area contributed by atoms with Gasteiger partial charge in [0.25, 0.3) is 5.91 Å². The molecule has 2 rings (SSSR count). The molecule has 136 valence electrons. The average Bonchev–Trinajstić information content (AvgIpc) is 3.02. The van der Waals surface area contributed by atoms with Crippen molar-refractivity contribution < 1.29 is 18.8 Å². The minimum Gasteiger partial charge on any atom is -0.496 e. The van der Waals surface area contributed by atoms with Crippen LogP contribution in [0.4, 0.5) is 0 Å². The molecule has 1 amide bonds. The number of methoxy groups -OCH3 is 1. The Hall–Kier alpha value is -2.34. The first-order chi connectivity index (χ1) is 12.2. The highest BCUT2D eigenvalue weighted by atomic mass is 16.5. The van der Waals surface area contributed by atoms with E-state index in [1.165, 1.54) is 0 Å². The van der Waals surface area contributed by atoms with Gasteiger partial charge in [0.15, 0.2) is 5.76 Å². The van der Waals surface area contributed by atoms with E-state index in [4.69, 9.17) is 14.0 Å². The van der Waals surface area contributed by atoms with Crippen molar-refractivity contribution in [2.75, 3.05) is 26.9 Å². The number of nitrogens with zero attached hydrogens (tertiary/aromatic N) is 1. The summed E-state index contributed by atoms with van der Waals surface area (Å²) in [5.74, 6) is 0.858. The van der Waals surface area contributed by atoms with E-state index >= 15 is 0 Å². The van der Waals surface area contributed by atoms with E-state index in [1.54, 1.807) is 14.0 Å². The molecule has 1 aromatic heterocycles. The van der Waals surface area contributed by atoms with E-state index in [9.17, 15) is 4.79 Å². The van der Waals surface area contributed by atoms with Gasteiger partial charge in [-0.15, -0.1) is 0 Å². The summed E-state index contributed by atoms with van der Waals surface area (Å²) in [6.07, 6.45) is 2.95. The Balaban J connectivity index is 2.00. The number of unbranched alkanes of at least 4 members (excludes halogenated alkanes) is 1. The standard InChI is InChI=1S/C19H26N2O4/c1-4-5-12-24-13-8-11-20-19(22)17-14(2)21-25-18(17)15-9-6-7-10-16(15)23-3/h6-7,9-10H,4-5,8,11-13H2,1-3H3,(H,20,22). The molecule has 1 aromatic carbocycles. The second-order valence-electron chi connectivity index (χ2n) is 5.75. The summed E-state index contributed by atoms with van der Waals surface area (Å²) in [7, 11) is 1.58. The van der Waals surface area contributed by atoms with Gasteiger partial charge in [0.05, 0.1) is 18.4 Å². The van der Waals surface area contributed by atoms with E-state index in [0.29, 0.717) is 41.5 Å². The Kier molecular flexibility index (Phi) is 7.47. The van der Waals surface area contributed by atoms with Crippen LogP contribution in [0.15, 0.2) is 28.8 Å². The highest BCUT2D eigenvalue weighted by molar-refractivity contribution is 6.01. The van der Waals surface area contributed by atoms with Crippen molar-refractivity contribution >= 4 is 5.91 Å². The summed E-state index contributed by atoms with van der Waals surface area (Å²) in [5.41, 5.74) is 1.70. The Morgan fingerprint density at radius 1 is 1.24 bits per heavy atom. The molecule has 0 saturated carbocycles. The smallest absolute Gasteiger partial charge is 0.257 e. The molecule has 1 heterocycles. The zero-order valence-corrected chi connectivity index (χ0v) is 15.1. The number of aryl methyl sites for hydroxylation is 1. The largest absolute Gasteiger partial charge is 0.496 e. The van der Waals surface area contributed by atoms with Crippen molar-refractivity contribution in [3.8, 4) is 17.1 Å². The number of hydrogen-bond acceptors (Lipinski definition) is 5. The normalized spacial score (nSPS) is 10.7. The molecule has 0 unspecified atom stereocenters. The fraction of sp³-hybridized carbons (Fsp3) is 0.474. The van der Waals surface area contributed by atoms with E-state index < -0.39 is 0 Å². The number of rotatable bonds is 10. The van der Waals surface area contributed by atoms with Crippen molar-refractivity contribution in [1.29, 1.82) is 0 Å². The van der Waals surface area contributed by atoms with Crippen LogP contribution in [0, 0.1) is 6.92 Å². The fourth-order valence-electron chi connectivity index (χ4n) is 2.47. The number of aromatic nitrogens is 1. The van der Waals surface area contributed by atoms with Crippen LogP contribution in [-0.2, 0) is 4.74 Å². The van der Waals surface area contributed by atoms with Gasteiger partial charge in [-0.2, -0.15) is 0 Å². The summed E-state index contributed by atoms with van der Waals surface area (Å²) in [4.78, 5) is 12.6. The maximum atomic E-state index is 12.6. The number of nitrogens with one attached hydrogen (secondary N) is 1. The predicted molar refractivity (Wildman–Crippen MR) is 95.9 cm³/mol. The Morgan fingerprint density at radius 2 is 2.00 bits per heavy atom. The summed E-state index contributed by atoms with van der Waals surface area (Å²) in [6.45, 7) is 5.84. The molecular formula is C19H26N2O4. The SMILES string of the molecule is CCCCOCCCNC(=O)c1c(C)noc1-c1ccccc1OC. The van der Waals surface area contributed by atoms with Gasteiger partial charge in [-0.25, -0.2) is 0 Å². The quantitative estimate of drug-likeness (QED) is 0.666. The maximum absolute atomic E-state index is 12.6. The molecule has 0 aliphatic rings. The third-order valence-corrected chi connectivity index (χ3v) is 3.83. The van der Waals surface area contributed by atoms with Crippen LogP contribution in [0.5, 0.6) is 5.75 Å².